The van der Waals surface area contributed by atoms with Crippen LogP contribution in [0.3, 0.4) is 0 Å². The molecule has 0 saturated heterocycles. The van der Waals surface area contributed by atoms with Gasteiger partial charge in [0.2, 0.25) is 0 Å². The number of rotatable bonds is 0. The Hall–Kier alpha value is -1.18. The van der Waals surface area contributed by atoms with Crippen LogP contribution >= 0.6 is 0 Å². The van der Waals surface area contributed by atoms with Crippen LogP contribution in [0.4, 0.5) is 5.69 Å². The molecule has 58 valence electrons. The third-order valence-electron chi connectivity index (χ3n) is 2.21. The van der Waals surface area contributed by atoms with Gasteiger partial charge in [-0.05, 0) is 24.6 Å². The molecule has 0 spiro atoms. The minimum Gasteiger partial charge on any atom is -0.493 e. The molecule has 0 aliphatic carbocycles. The van der Waals surface area contributed by atoms with Crippen molar-refractivity contribution in [2.45, 2.75) is 13.3 Å². The second-order valence-corrected chi connectivity index (χ2v) is 2.85. The lowest BCUT2D eigenvalue weighted by Crippen LogP contribution is -1.92. The zero-order valence-electron chi connectivity index (χ0n) is 6.55. The first-order chi connectivity index (χ1) is 5.29. The van der Waals surface area contributed by atoms with Gasteiger partial charge in [0, 0.05) is 17.7 Å². The number of nitrogens with two attached hydrogens (primary N) is 1. The van der Waals surface area contributed by atoms with Crippen molar-refractivity contribution >= 4 is 5.69 Å². The van der Waals surface area contributed by atoms with Crippen molar-refractivity contribution in [2.24, 2.45) is 0 Å². The average molecular weight is 149 g/mol. The van der Waals surface area contributed by atoms with Crippen LogP contribution in [0.15, 0.2) is 12.1 Å². The standard InChI is InChI=1S/C9H11NO/c1-6-7-4-5-11-9(7)3-2-8(6)10/h2-3H,4-5,10H2,1H3. The summed E-state index contributed by atoms with van der Waals surface area (Å²) in [5.41, 5.74) is 9.07. The van der Waals surface area contributed by atoms with E-state index >= 15 is 0 Å². The van der Waals surface area contributed by atoms with E-state index in [2.05, 4.69) is 0 Å². The highest BCUT2D eigenvalue weighted by Crippen LogP contribution is 2.30. The molecule has 0 unspecified atom stereocenters. The predicted octanol–water partition coefficient (Wildman–Crippen LogP) is 1.51. The number of hydrogen-bond acceptors (Lipinski definition) is 2. The average Bonchev–Trinajstić information content (AvgIpc) is 2.45. The topological polar surface area (TPSA) is 35.2 Å². The summed E-state index contributed by atoms with van der Waals surface area (Å²) in [6.07, 6.45) is 1.01. The molecule has 0 atom stereocenters. The number of ether oxygens (including phenoxy) is 1. The van der Waals surface area contributed by atoms with Crippen LogP contribution in [0, 0.1) is 6.92 Å². The number of nitrogen functional groups attached to an aromatic ring is 1. The zero-order chi connectivity index (χ0) is 7.84. The Balaban J connectivity index is 2.62. The van der Waals surface area contributed by atoms with Crippen LogP contribution in [0.5, 0.6) is 5.75 Å². The van der Waals surface area contributed by atoms with Crippen molar-refractivity contribution in [1.82, 2.24) is 0 Å². The monoisotopic (exact) mass is 149 g/mol. The molecular formula is C9H11NO. The van der Waals surface area contributed by atoms with E-state index in [1.54, 1.807) is 0 Å². The minimum atomic E-state index is 0.805. The molecule has 1 heterocycles. The maximum Gasteiger partial charge on any atom is 0.123 e. The van der Waals surface area contributed by atoms with E-state index in [4.69, 9.17) is 10.5 Å². The van der Waals surface area contributed by atoms with E-state index in [9.17, 15) is 0 Å². The van der Waals surface area contributed by atoms with Crippen molar-refractivity contribution in [3.8, 4) is 5.75 Å². The van der Waals surface area contributed by atoms with Gasteiger partial charge >= 0.3 is 0 Å². The van der Waals surface area contributed by atoms with Crippen LogP contribution in [-0.4, -0.2) is 6.61 Å². The number of anilines is 1. The lowest BCUT2D eigenvalue weighted by atomic mass is 10.1. The largest absolute Gasteiger partial charge is 0.493 e. The van der Waals surface area contributed by atoms with E-state index in [-0.39, 0.29) is 0 Å². The van der Waals surface area contributed by atoms with Crippen LogP contribution in [0.1, 0.15) is 11.1 Å². The highest BCUT2D eigenvalue weighted by molar-refractivity contribution is 5.56. The fourth-order valence-corrected chi connectivity index (χ4v) is 1.46. The van der Waals surface area contributed by atoms with Crippen molar-refractivity contribution in [2.75, 3.05) is 12.3 Å². The quantitative estimate of drug-likeness (QED) is 0.567. The fourth-order valence-electron chi connectivity index (χ4n) is 1.46. The zero-order valence-corrected chi connectivity index (χ0v) is 6.55. The molecule has 0 saturated carbocycles. The van der Waals surface area contributed by atoms with Gasteiger partial charge in [-0.1, -0.05) is 0 Å². The molecule has 2 nitrogen and oxygen atoms in total. The molecule has 11 heavy (non-hydrogen) atoms. The molecule has 0 radical (unpaired) electrons. The third kappa shape index (κ3) is 0.862. The second-order valence-electron chi connectivity index (χ2n) is 2.85. The molecule has 1 aromatic carbocycles. The summed E-state index contributed by atoms with van der Waals surface area (Å²) in [6, 6.07) is 3.85. The Morgan fingerprint density at radius 3 is 3.09 bits per heavy atom. The summed E-state index contributed by atoms with van der Waals surface area (Å²) in [7, 11) is 0. The van der Waals surface area contributed by atoms with Crippen molar-refractivity contribution in [3.05, 3.63) is 23.3 Å². The summed E-state index contributed by atoms with van der Waals surface area (Å²) in [6.45, 7) is 2.85. The first kappa shape index (κ1) is 6.53. The Bertz CT molecular complexity index is 294. The molecule has 0 aromatic heterocycles. The van der Waals surface area contributed by atoms with Gasteiger partial charge < -0.3 is 10.5 Å². The lowest BCUT2D eigenvalue weighted by Gasteiger charge is -2.04. The smallest absolute Gasteiger partial charge is 0.123 e. The van der Waals surface area contributed by atoms with Gasteiger partial charge in [0.05, 0.1) is 6.61 Å². The molecule has 1 aliphatic rings. The molecule has 0 amide bonds. The maximum atomic E-state index is 5.74. The Morgan fingerprint density at radius 2 is 2.27 bits per heavy atom. The second kappa shape index (κ2) is 2.16. The normalized spacial score (nSPS) is 14.3. The summed E-state index contributed by atoms with van der Waals surface area (Å²) in [5.74, 6) is 1.01. The van der Waals surface area contributed by atoms with Gasteiger partial charge in [0.25, 0.3) is 0 Å². The van der Waals surface area contributed by atoms with E-state index < -0.39 is 0 Å². The molecular weight excluding hydrogens is 138 g/mol. The third-order valence-corrected chi connectivity index (χ3v) is 2.21. The van der Waals surface area contributed by atoms with E-state index in [1.165, 1.54) is 11.1 Å². The van der Waals surface area contributed by atoms with Gasteiger partial charge in [-0.25, -0.2) is 0 Å². The number of hydrogen-bond donors (Lipinski definition) is 1. The fraction of sp³-hybridized carbons (Fsp3) is 0.333. The first-order valence-corrected chi connectivity index (χ1v) is 3.80. The summed E-state index contributed by atoms with van der Waals surface area (Å²) < 4.78 is 5.38. The molecule has 0 fully saturated rings. The van der Waals surface area contributed by atoms with E-state index in [0.29, 0.717) is 0 Å². The highest BCUT2D eigenvalue weighted by atomic mass is 16.5. The summed E-state index contributed by atoms with van der Waals surface area (Å²) >= 11 is 0. The summed E-state index contributed by atoms with van der Waals surface area (Å²) in [5, 5.41) is 0. The molecule has 2 heteroatoms. The van der Waals surface area contributed by atoms with Crippen molar-refractivity contribution < 1.29 is 4.74 Å². The molecule has 1 aromatic rings. The van der Waals surface area contributed by atoms with Gasteiger partial charge in [0.15, 0.2) is 0 Å². The van der Waals surface area contributed by atoms with E-state index in [0.717, 1.165) is 24.5 Å². The minimum absolute atomic E-state index is 0.805. The predicted molar refractivity (Wildman–Crippen MR) is 44.8 cm³/mol. The van der Waals surface area contributed by atoms with Gasteiger partial charge in [-0.3, -0.25) is 0 Å². The van der Waals surface area contributed by atoms with Gasteiger partial charge in [0.1, 0.15) is 5.75 Å². The van der Waals surface area contributed by atoms with Crippen LogP contribution in [0.25, 0.3) is 0 Å². The van der Waals surface area contributed by atoms with Crippen LogP contribution < -0.4 is 10.5 Å². The Kier molecular flexibility index (Phi) is 1.28. The van der Waals surface area contributed by atoms with E-state index in [1.807, 2.05) is 19.1 Å². The Morgan fingerprint density at radius 1 is 1.45 bits per heavy atom. The number of benzene rings is 1. The molecule has 2 rings (SSSR count). The van der Waals surface area contributed by atoms with Gasteiger partial charge in [-0.15, -0.1) is 0 Å². The summed E-state index contributed by atoms with van der Waals surface area (Å²) in [4.78, 5) is 0. The first-order valence-electron chi connectivity index (χ1n) is 3.80. The van der Waals surface area contributed by atoms with Crippen molar-refractivity contribution in [3.63, 3.8) is 0 Å². The number of fused-ring (bicyclic) bond motifs is 1. The molecule has 2 N–H and O–H groups in total. The Labute approximate surface area is 66.0 Å². The van der Waals surface area contributed by atoms with Crippen LogP contribution in [-0.2, 0) is 6.42 Å². The highest BCUT2D eigenvalue weighted by Gasteiger charge is 2.14. The SMILES string of the molecule is Cc1c(N)ccc2c1CCO2. The van der Waals surface area contributed by atoms with Crippen molar-refractivity contribution in [1.29, 1.82) is 0 Å². The van der Waals surface area contributed by atoms with Crippen LogP contribution in [0.2, 0.25) is 0 Å². The molecule has 0 bridgehead atoms. The van der Waals surface area contributed by atoms with Gasteiger partial charge in [-0.2, -0.15) is 0 Å². The molecule has 1 aliphatic heterocycles. The lowest BCUT2D eigenvalue weighted by molar-refractivity contribution is 0.357. The maximum absolute atomic E-state index is 5.74.